The summed E-state index contributed by atoms with van der Waals surface area (Å²) >= 11 is 0. The van der Waals surface area contributed by atoms with Crippen LogP contribution in [0.3, 0.4) is 0 Å². The zero-order valence-corrected chi connectivity index (χ0v) is 7.42. The summed E-state index contributed by atoms with van der Waals surface area (Å²) in [7, 11) is 0. The van der Waals surface area contributed by atoms with E-state index in [2.05, 4.69) is 12.2 Å². The second kappa shape index (κ2) is 3.31. The lowest BCUT2D eigenvalue weighted by atomic mass is 9.95. The molecule has 0 bridgehead atoms. The van der Waals surface area contributed by atoms with E-state index in [0.29, 0.717) is 6.04 Å². The normalized spacial score (nSPS) is 30.4. The zero-order valence-electron chi connectivity index (χ0n) is 7.42. The zero-order chi connectivity index (χ0) is 8.39. The van der Waals surface area contributed by atoms with E-state index in [1.54, 1.807) is 6.26 Å². The van der Waals surface area contributed by atoms with Crippen LogP contribution in [-0.4, -0.2) is 6.54 Å². The average molecular weight is 165 g/mol. The Balaban J connectivity index is 1.99. The van der Waals surface area contributed by atoms with Crippen molar-refractivity contribution < 1.29 is 4.42 Å². The molecule has 0 spiro atoms. The molecule has 2 nitrogen and oxygen atoms in total. The van der Waals surface area contributed by atoms with Gasteiger partial charge in [0.05, 0.1) is 12.3 Å². The van der Waals surface area contributed by atoms with E-state index in [0.717, 1.165) is 18.2 Å². The van der Waals surface area contributed by atoms with Crippen LogP contribution in [0.4, 0.5) is 0 Å². The molecule has 2 unspecified atom stereocenters. The van der Waals surface area contributed by atoms with Crippen LogP contribution < -0.4 is 5.32 Å². The minimum Gasteiger partial charge on any atom is -0.468 e. The molecule has 1 N–H and O–H groups in total. The number of hydrogen-bond donors (Lipinski definition) is 1. The maximum Gasteiger partial charge on any atom is 0.120 e. The first kappa shape index (κ1) is 7.87. The Morgan fingerprint density at radius 3 is 3.00 bits per heavy atom. The van der Waals surface area contributed by atoms with Gasteiger partial charge in [-0.1, -0.05) is 6.92 Å². The van der Waals surface area contributed by atoms with E-state index in [-0.39, 0.29) is 0 Å². The number of furan rings is 1. The van der Waals surface area contributed by atoms with Crippen molar-refractivity contribution in [3.8, 4) is 0 Å². The van der Waals surface area contributed by atoms with Crippen LogP contribution in [0.15, 0.2) is 22.8 Å². The van der Waals surface area contributed by atoms with E-state index in [9.17, 15) is 0 Å². The third-order valence-electron chi connectivity index (χ3n) is 2.55. The lowest BCUT2D eigenvalue weighted by molar-refractivity contribution is 0.297. The molecular weight excluding hydrogens is 150 g/mol. The molecule has 1 fully saturated rings. The van der Waals surface area contributed by atoms with E-state index >= 15 is 0 Å². The smallest absolute Gasteiger partial charge is 0.120 e. The highest BCUT2D eigenvalue weighted by atomic mass is 16.3. The number of rotatable bonds is 1. The van der Waals surface area contributed by atoms with Crippen molar-refractivity contribution >= 4 is 0 Å². The minimum atomic E-state index is 0.455. The molecule has 2 rings (SSSR count). The Morgan fingerprint density at radius 2 is 2.42 bits per heavy atom. The molecule has 2 heterocycles. The maximum absolute atomic E-state index is 5.35. The highest BCUT2D eigenvalue weighted by molar-refractivity contribution is 5.05. The summed E-state index contributed by atoms with van der Waals surface area (Å²) in [6.45, 7) is 3.40. The van der Waals surface area contributed by atoms with Crippen LogP contribution in [0, 0.1) is 5.92 Å². The van der Waals surface area contributed by atoms with Crippen molar-refractivity contribution in [1.82, 2.24) is 5.32 Å². The first-order chi connectivity index (χ1) is 5.86. The van der Waals surface area contributed by atoms with Gasteiger partial charge in [-0.3, -0.25) is 0 Å². The van der Waals surface area contributed by atoms with E-state index in [4.69, 9.17) is 4.42 Å². The molecule has 1 saturated heterocycles. The molecule has 1 aliphatic rings. The van der Waals surface area contributed by atoms with E-state index < -0.39 is 0 Å². The van der Waals surface area contributed by atoms with Crippen LogP contribution in [0.1, 0.15) is 31.6 Å². The Hall–Kier alpha value is -0.760. The maximum atomic E-state index is 5.35. The van der Waals surface area contributed by atoms with Crippen LogP contribution in [0.25, 0.3) is 0 Å². The summed E-state index contributed by atoms with van der Waals surface area (Å²) in [6, 6.07) is 4.46. The fourth-order valence-electron chi connectivity index (χ4n) is 1.73. The van der Waals surface area contributed by atoms with Gasteiger partial charge < -0.3 is 9.73 Å². The van der Waals surface area contributed by atoms with Crippen molar-refractivity contribution in [2.75, 3.05) is 6.54 Å². The van der Waals surface area contributed by atoms with Gasteiger partial charge in [0.25, 0.3) is 0 Å². The Kier molecular flexibility index (Phi) is 2.17. The van der Waals surface area contributed by atoms with Crippen LogP contribution in [0.5, 0.6) is 0 Å². The summed E-state index contributed by atoms with van der Waals surface area (Å²) in [6.07, 6.45) is 4.25. The van der Waals surface area contributed by atoms with Gasteiger partial charge in [0.2, 0.25) is 0 Å². The Bertz CT molecular complexity index is 222. The minimum absolute atomic E-state index is 0.455. The summed E-state index contributed by atoms with van der Waals surface area (Å²) < 4.78 is 5.35. The largest absolute Gasteiger partial charge is 0.468 e. The van der Waals surface area contributed by atoms with Crippen molar-refractivity contribution in [2.45, 2.75) is 25.8 Å². The van der Waals surface area contributed by atoms with Crippen LogP contribution in [-0.2, 0) is 0 Å². The lowest BCUT2D eigenvalue weighted by Crippen LogP contribution is -2.31. The molecule has 1 aromatic rings. The third-order valence-corrected chi connectivity index (χ3v) is 2.55. The lowest BCUT2D eigenvalue weighted by Gasteiger charge is -2.26. The molecule has 2 atom stereocenters. The molecule has 1 aliphatic heterocycles. The van der Waals surface area contributed by atoms with Crippen molar-refractivity contribution in [3.63, 3.8) is 0 Å². The molecule has 0 aromatic carbocycles. The first-order valence-corrected chi connectivity index (χ1v) is 4.63. The summed E-state index contributed by atoms with van der Waals surface area (Å²) in [4.78, 5) is 0. The Morgan fingerprint density at radius 1 is 1.50 bits per heavy atom. The van der Waals surface area contributed by atoms with Gasteiger partial charge in [0.1, 0.15) is 5.76 Å². The molecule has 2 heteroatoms. The molecule has 0 amide bonds. The molecule has 1 aromatic heterocycles. The first-order valence-electron chi connectivity index (χ1n) is 4.63. The van der Waals surface area contributed by atoms with Crippen molar-refractivity contribution in [1.29, 1.82) is 0 Å². The topological polar surface area (TPSA) is 25.2 Å². The second-order valence-corrected chi connectivity index (χ2v) is 3.66. The quantitative estimate of drug-likeness (QED) is 0.691. The molecule has 0 aliphatic carbocycles. The van der Waals surface area contributed by atoms with Gasteiger partial charge in [-0.25, -0.2) is 0 Å². The predicted molar refractivity (Wildman–Crippen MR) is 47.8 cm³/mol. The van der Waals surface area contributed by atoms with Gasteiger partial charge in [-0.2, -0.15) is 0 Å². The Labute approximate surface area is 73.0 Å². The van der Waals surface area contributed by atoms with Crippen LogP contribution >= 0.6 is 0 Å². The van der Waals surface area contributed by atoms with Crippen molar-refractivity contribution in [3.05, 3.63) is 24.2 Å². The summed E-state index contributed by atoms with van der Waals surface area (Å²) in [5.41, 5.74) is 0. The molecular formula is C10H15NO. The van der Waals surface area contributed by atoms with Gasteiger partial charge in [-0.15, -0.1) is 0 Å². The summed E-state index contributed by atoms with van der Waals surface area (Å²) in [5.74, 6) is 1.90. The van der Waals surface area contributed by atoms with Gasteiger partial charge in [0, 0.05) is 0 Å². The fraction of sp³-hybridized carbons (Fsp3) is 0.600. The number of hydrogen-bond acceptors (Lipinski definition) is 2. The second-order valence-electron chi connectivity index (χ2n) is 3.66. The molecule has 0 saturated carbocycles. The standard InChI is InChI=1S/C10H15NO/c1-8-4-5-9(11-7-8)10-3-2-6-12-10/h2-3,6,8-9,11H,4-5,7H2,1H3. The van der Waals surface area contributed by atoms with Gasteiger partial charge in [0.15, 0.2) is 0 Å². The monoisotopic (exact) mass is 165 g/mol. The molecule has 12 heavy (non-hydrogen) atoms. The third kappa shape index (κ3) is 1.53. The fourth-order valence-corrected chi connectivity index (χ4v) is 1.73. The van der Waals surface area contributed by atoms with Gasteiger partial charge in [-0.05, 0) is 37.4 Å². The SMILES string of the molecule is CC1CCC(c2ccco2)NC1. The van der Waals surface area contributed by atoms with Crippen molar-refractivity contribution in [2.24, 2.45) is 5.92 Å². The molecule has 66 valence electrons. The summed E-state index contributed by atoms with van der Waals surface area (Å²) in [5, 5.41) is 3.48. The molecule has 0 radical (unpaired) electrons. The number of nitrogens with one attached hydrogen (secondary N) is 1. The highest BCUT2D eigenvalue weighted by Gasteiger charge is 2.20. The van der Waals surface area contributed by atoms with Gasteiger partial charge >= 0.3 is 0 Å². The van der Waals surface area contributed by atoms with E-state index in [1.807, 2.05) is 12.1 Å². The van der Waals surface area contributed by atoms with Crippen LogP contribution in [0.2, 0.25) is 0 Å². The number of piperidine rings is 1. The predicted octanol–water partition coefficient (Wildman–Crippen LogP) is 2.34. The highest BCUT2D eigenvalue weighted by Crippen LogP contribution is 2.25. The average Bonchev–Trinajstić information content (AvgIpc) is 2.58. The van der Waals surface area contributed by atoms with E-state index in [1.165, 1.54) is 12.8 Å².